The van der Waals surface area contributed by atoms with Crippen LogP contribution >= 0.6 is 23.2 Å². The number of anilines is 1. The van der Waals surface area contributed by atoms with E-state index in [9.17, 15) is 14.9 Å². The minimum absolute atomic E-state index is 0.00683. The van der Waals surface area contributed by atoms with Gasteiger partial charge in [-0.1, -0.05) is 76.0 Å². The van der Waals surface area contributed by atoms with E-state index in [0.717, 1.165) is 6.07 Å². The second-order valence-electron chi connectivity index (χ2n) is 12.3. The minimum Gasteiger partial charge on any atom is -0.325 e. The first-order valence-corrected chi connectivity index (χ1v) is 14.5. The molecule has 0 saturated carbocycles. The van der Waals surface area contributed by atoms with Gasteiger partial charge in [0.15, 0.2) is 5.78 Å². The number of hydrogen-bond acceptors (Lipinski definition) is 4. The predicted octanol–water partition coefficient (Wildman–Crippen LogP) is 8.07. The number of rotatable bonds is 7. The predicted molar refractivity (Wildman–Crippen MR) is 162 cm³/mol. The van der Waals surface area contributed by atoms with Gasteiger partial charge in [-0.3, -0.25) is 9.59 Å². The first-order valence-electron chi connectivity index (χ1n) is 13.7. The van der Waals surface area contributed by atoms with Crippen LogP contribution < -0.4 is 10.6 Å². The van der Waals surface area contributed by atoms with Crippen LogP contribution in [0.25, 0.3) is 0 Å². The van der Waals surface area contributed by atoms with Gasteiger partial charge in [-0.05, 0) is 59.9 Å². The summed E-state index contributed by atoms with van der Waals surface area (Å²) in [7, 11) is 0. The van der Waals surface area contributed by atoms with Gasteiger partial charge in [-0.25, -0.2) is 8.78 Å². The maximum atomic E-state index is 15.8. The molecular weight excluding hydrogens is 579 g/mol. The standard InChI is InChI=1S/C33H33Cl2F2N3O2/c1-18(2)30(41)19-9-12-21(13-10-19)39-31(42)29-27(22-7-6-8-24(35)28(22)37)33(17-38,26(40-29)16-32(3,4)5)23-14-11-20(34)15-25(23)36/h6-15,18,26-27,29,40H,16H2,1-5H3,(H,39,42)/t26-,27-,29+,33-/m0/s1. The molecule has 0 unspecified atom stereocenters. The number of Topliss-reactive ketones (excluding diaryl/α,β-unsaturated/α-hetero) is 1. The lowest BCUT2D eigenvalue weighted by molar-refractivity contribution is -0.118. The highest BCUT2D eigenvalue weighted by Gasteiger charge is 2.61. The normalized spacial score (nSPS) is 22.2. The average Bonchev–Trinajstić information content (AvgIpc) is 3.23. The molecular formula is C33H33Cl2F2N3O2. The summed E-state index contributed by atoms with van der Waals surface area (Å²) in [6.45, 7) is 9.52. The SMILES string of the molecule is CC(C)C(=O)c1ccc(NC(=O)[C@@H]2N[C@@H](CC(C)(C)C)[C@](C#N)(c3ccc(Cl)cc3F)[C@H]2c2cccc(Cl)c2F)cc1. The second kappa shape index (κ2) is 12.1. The van der Waals surface area contributed by atoms with Crippen molar-refractivity contribution in [3.63, 3.8) is 0 Å². The van der Waals surface area contributed by atoms with E-state index in [1.165, 1.54) is 30.3 Å². The van der Waals surface area contributed by atoms with Gasteiger partial charge in [0, 0.05) is 39.7 Å². The Bertz CT molecular complexity index is 1550. The van der Waals surface area contributed by atoms with Crippen molar-refractivity contribution in [2.24, 2.45) is 11.3 Å². The van der Waals surface area contributed by atoms with Crippen LogP contribution in [-0.4, -0.2) is 23.8 Å². The topological polar surface area (TPSA) is 82.0 Å². The van der Waals surface area contributed by atoms with Crippen molar-refractivity contribution in [2.45, 2.75) is 64.5 Å². The van der Waals surface area contributed by atoms with Crippen LogP contribution in [0.5, 0.6) is 0 Å². The highest BCUT2D eigenvalue weighted by Crippen LogP contribution is 2.52. The first-order chi connectivity index (χ1) is 19.7. The third kappa shape index (κ3) is 6.08. The molecule has 4 rings (SSSR count). The Morgan fingerprint density at radius 2 is 1.74 bits per heavy atom. The van der Waals surface area contributed by atoms with E-state index in [2.05, 4.69) is 16.7 Å². The van der Waals surface area contributed by atoms with E-state index in [1.54, 1.807) is 38.1 Å². The van der Waals surface area contributed by atoms with Crippen molar-refractivity contribution in [3.05, 3.63) is 99.0 Å². The van der Waals surface area contributed by atoms with Gasteiger partial charge in [0.25, 0.3) is 0 Å². The van der Waals surface area contributed by atoms with Crippen LogP contribution in [0.15, 0.2) is 60.7 Å². The maximum Gasteiger partial charge on any atom is 0.242 e. The van der Waals surface area contributed by atoms with Crippen molar-refractivity contribution in [1.82, 2.24) is 5.32 Å². The number of amides is 1. The van der Waals surface area contributed by atoms with Gasteiger partial charge < -0.3 is 10.6 Å². The summed E-state index contributed by atoms with van der Waals surface area (Å²) in [4.78, 5) is 26.4. The van der Waals surface area contributed by atoms with E-state index < -0.39 is 41.0 Å². The number of carbonyl (C=O) groups excluding carboxylic acids is 2. The summed E-state index contributed by atoms with van der Waals surface area (Å²) in [5, 5.41) is 17.0. The molecule has 4 atom stereocenters. The number of nitrogens with zero attached hydrogens (tertiary/aromatic N) is 1. The van der Waals surface area contributed by atoms with Crippen LogP contribution in [0, 0.1) is 34.3 Å². The number of nitriles is 1. The second-order valence-corrected chi connectivity index (χ2v) is 13.1. The van der Waals surface area contributed by atoms with Crippen molar-refractivity contribution in [1.29, 1.82) is 5.26 Å². The van der Waals surface area contributed by atoms with Gasteiger partial charge in [0.1, 0.15) is 17.0 Å². The molecule has 0 radical (unpaired) electrons. The quantitative estimate of drug-likeness (QED) is 0.265. The van der Waals surface area contributed by atoms with Crippen LogP contribution in [0.3, 0.4) is 0 Å². The molecule has 3 aromatic rings. The molecule has 0 aromatic heterocycles. The van der Waals surface area contributed by atoms with E-state index in [4.69, 9.17) is 23.2 Å². The maximum absolute atomic E-state index is 15.8. The van der Waals surface area contributed by atoms with Crippen molar-refractivity contribution in [2.75, 3.05) is 5.32 Å². The molecule has 42 heavy (non-hydrogen) atoms. The van der Waals surface area contributed by atoms with Crippen LogP contribution in [0.2, 0.25) is 10.0 Å². The molecule has 1 amide bonds. The molecule has 9 heteroatoms. The summed E-state index contributed by atoms with van der Waals surface area (Å²) in [5.41, 5.74) is -1.14. The molecule has 1 fully saturated rings. The number of nitrogens with one attached hydrogen (secondary N) is 2. The summed E-state index contributed by atoms with van der Waals surface area (Å²) in [6, 6.07) is 15.3. The van der Waals surface area contributed by atoms with Gasteiger partial charge in [0.2, 0.25) is 5.91 Å². The van der Waals surface area contributed by atoms with E-state index in [-0.39, 0.29) is 38.3 Å². The Kier molecular flexibility index (Phi) is 9.13. The van der Waals surface area contributed by atoms with Crippen molar-refractivity contribution in [3.8, 4) is 6.07 Å². The highest BCUT2D eigenvalue weighted by molar-refractivity contribution is 6.31. The molecule has 1 saturated heterocycles. The molecule has 0 bridgehead atoms. The minimum atomic E-state index is -1.72. The fraction of sp³-hybridized carbons (Fsp3) is 0.364. The van der Waals surface area contributed by atoms with Crippen LogP contribution in [0.1, 0.15) is 68.4 Å². The Morgan fingerprint density at radius 3 is 2.31 bits per heavy atom. The largest absolute Gasteiger partial charge is 0.325 e. The van der Waals surface area contributed by atoms with Gasteiger partial charge in [-0.2, -0.15) is 5.26 Å². The Labute approximate surface area is 255 Å². The molecule has 2 N–H and O–H groups in total. The molecule has 1 aliphatic rings. The number of hydrogen-bond donors (Lipinski definition) is 2. The molecule has 3 aromatic carbocycles. The zero-order valence-corrected chi connectivity index (χ0v) is 25.6. The van der Waals surface area contributed by atoms with Gasteiger partial charge in [0.05, 0.1) is 17.1 Å². The molecule has 0 aliphatic carbocycles. The smallest absolute Gasteiger partial charge is 0.242 e. The van der Waals surface area contributed by atoms with E-state index in [1.807, 2.05) is 20.8 Å². The fourth-order valence-electron chi connectivity index (χ4n) is 5.83. The van der Waals surface area contributed by atoms with Crippen LogP contribution in [0.4, 0.5) is 14.5 Å². The lowest BCUT2D eigenvalue weighted by Crippen LogP contribution is -2.45. The third-order valence-corrected chi connectivity index (χ3v) is 8.22. The number of benzene rings is 3. The summed E-state index contributed by atoms with van der Waals surface area (Å²) in [6.07, 6.45) is 0.358. The summed E-state index contributed by atoms with van der Waals surface area (Å²) < 4.78 is 31.5. The average molecular weight is 613 g/mol. The van der Waals surface area contributed by atoms with Gasteiger partial charge in [-0.15, -0.1) is 0 Å². The van der Waals surface area contributed by atoms with Crippen molar-refractivity contribution >= 4 is 40.6 Å². The molecule has 1 aliphatic heterocycles. The molecule has 220 valence electrons. The van der Waals surface area contributed by atoms with E-state index in [0.29, 0.717) is 17.7 Å². The van der Waals surface area contributed by atoms with Gasteiger partial charge >= 0.3 is 0 Å². The number of ketones is 1. The van der Waals surface area contributed by atoms with Crippen molar-refractivity contribution < 1.29 is 18.4 Å². The lowest BCUT2D eigenvalue weighted by Gasteiger charge is -2.37. The Balaban J connectivity index is 1.88. The van der Waals surface area contributed by atoms with Crippen LogP contribution in [-0.2, 0) is 10.2 Å². The lowest BCUT2D eigenvalue weighted by atomic mass is 9.62. The molecule has 1 heterocycles. The third-order valence-electron chi connectivity index (χ3n) is 7.69. The zero-order chi connectivity index (χ0) is 31.0. The first kappa shape index (κ1) is 31.6. The number of carbonyl (C=O) groups is 2. The summed E-state index contributed by atoms with van der Waals surface area (Å²) >= 11 is 12.3. The highest BCUT2D eigenvalue weighted by atomic mass is 35.5. The molecule has 5 nitrogen and oxygen atoms in total. The van der Waals surface area contributed by atoms with E-state index >= 15 is 8.78 Å². The molecule has 0 spiro atoms. The number of halogens is 4. The zero-order valence-electron chi connectivity index (χ0n) is 24.1. The Morgan fingerprint density at radius 1 is 1.07 bits per heavy atom. The summed E-state index contributed by atoms with van der Waals surface area (Å²) in [5.74, 6) is -3.46. The fourth-order valence-corrected chi connectivity index (χ4v) is 6.17. The monoisotopic (exact) mass is 611 g/mol. The Hall–Kier alpha value is -3.31.